The summed E-state index contributed by atoms with van der Waals surface area (Å²) in [6.07, 6.45) is 4.47. The number of pyridine rings is 1. The molecule has 0 aliphatic rings. The first kappa shape index (κ1) is 9.67. The van der Waals surface area contributed by atoms with Gasteiger partial charge in [0.15, 0.2) is 5.82 Å². The van der Waals surface area contributed by atoms with E-state index in [9.17, 15) is 4.79 Å². The van der Waals surface area contributed by atoms with Crippen molar-refractivity contribution in [1.29, 1.82) is 0 Å². The van der Waals surface area contributed by atoms with E-state index in [1.807, 2.05) is 0 Å². The lowest BCUT2D eigenvalue weighted by Gasteiger charge is -2.03. The van der Waals surface area contributed by atoms with Crippen LogP contribution in [-0.4, -0.2) is 21.1 Å². The van der Waals surface area contributed by atoms with Crippen LogP contribution in [0.15, 0.2) is 30.7 Å². The Balaban J connectivity index is 2.17. The zero-order valence-corrected chi connectivity index (χ0v) is 8.32. The number of amides is 1. The number of nitrogens with one attached hydrogen (secondary N) is 2. The molecule has 0 radical (unpaired) electrons. The van der Waals surface area contributed by atoms with Crippen LogP contribution < -0.4 is 5.32 Å². The zero-order valence-electron chi connectivity index (χ0n) is 7.57. The van der Waals surface area contributed by atoms with E-state index in [0.29, 0.717) is 16.4 Å². The van der Waals surface area contributed by atoms with Gasteiger partial charge in [0, 0.05) is 12.4 Å². The molecule has 5 nitrogen and oxygen atoms in total. The van der Waals surface area contributed by atoms with Crippen LogP contribution in [0.5, 0.6) is 0 Å². The first-order valence-corrected chi connectivity index (χ1v) is 4.56. The van der Waals surface area contributed by atoms with Crippen molar-refractivity contribution in [3.63, 3.8) is 0 Å². The molecule has 0 unspecified atom stereocenters. The second-order valence-electron chi connectivity index (χ2n) is 2.77. The molecule has 1 amide bonds. The lowest BCUT2D eigenvalue weighted by molar-refractivity contribution is 0.102. The molecule has 2 aromatic heterocycles. The van der Waals surface area contributed by atoms with Gasteiger partial charge in [0.25, 0.3) is 5.91 Å². The summed E-state index contributed by atoms with van der Waals surface area (Å²) in [4.78, 5) is 15.5. The van der Waals surface area contributed by atoms with Gasteiger partial charge in [0.2, 0.25) is 0 Å². The van der Waals surface area contributed by atoms with E-state index >= 15 is 0 Å². The third-order valence-electron chi connectivity index (χ3n) is 1.75. The van der Waals surface area contributed by atoms with Gasteiger partial charge >= 0.3 is 0 Å². The predicted molar refractivity (Wildman–Crippen MR) is 55.8 cm³/mol. The van der Waals surface area contributed by atoms with Gasteiger partial charge in [0.05, 0.1) is 16.8 Å². The number of hydrogen-bond donors (Lipinski definition) is 2. The Morgan fingerprint density at radius 3 is 3.07 bits per heavy atom. The van der Waals surface area contributed by atoms with Crippen LogP contribution in [-0.2, 0) is 0 Å². The summed E-state index contributed by atoms with van der Waals surface area (Å²) in [5.74, 6) is 0.0368. The molecule has 2 aromatic rings. The summed E-state index contributed by atoms with van der Waals surface area (Å²) in [5.41, 5.74) is 0.428. The molecule has 0 bridgehead atoms. The Hall–Kier alpha value is -1.88. The van der Waals surface area contributed by atoms with Gasteiger partial charge in [-0.15, -0.1) is 0 Å². The van der Waals surface area contributed by atoms with Gasteiger partial charge < -0.3 is 5.32 Å². The molecule has 2 N–H and O–H groups in total. The van der Waals surface area contributed by atoms with E-state index in [2.05, 4.69) is 20.5 Å². The van der Waals surface area contributed by atoms with Gasteiger partial charge in [-0.2, -0.15) is 5.10 Å². The van der Waals surface area contributed by atoms with E-state index in [4.69, 9.17) is 11.6 Å². The van der Waals surface area contributed by atoms with Crippen molar-refractivity contribution >= 4 is 23.3 Å². The first-order valence-electron chi connectivity index (χ1n) is 4.18. The van der Waals surface area contributed by atoms with Crippen molar-refractivity contribution in [1.82, 2.24) is 15.2 Å². The first-order chi connectivity index (χ1) is 7.27. The Morgan fingerprint density at radius 1 is 1.53 bits per heavy atom. The highest BCUT2D eigenvalue weighted by Crippen LogP contribution is 2.17. The van der Waals surface area contributed by atoms with Crippen molar-refractivity contribution in [3.05, 3.63) is 41.3 Å². The number of H-pyrrole nitrogens is 1. The fourth-order valence-electron chi connectivity index (χ4n) is 1.03. The fourth-order valence-corrected chi connectivity index (χ4v) is 1.20. The SMILES string of the molecule is O=C(Nc1ncccc1Cl)c1cn[nH]c1. The van der Waals surface area contributed by atoms with E-state index in [0.717, 1.165) is 0 Å². The quantitative estimate of drug-likeness (QED) is 0.813. The summed E-state index contributed by atoms with van der Waals surface area (Å²) in [6, 6.07) is 3.34. The van der Waals surface area contributed by atoms with E-state index in [-0.39, 0.29) is 5.91 Å². The minimum atomic E-state index is -0.302. The maximum absolute atomic E-state index is 11.6. The van der Waals surface area contributed by atoms with Gasteiger partial charge in [-0.3, -0.25) is 9.89 Å². The smallest absolute Gasteiger partial charge is 0.260 e. The number of aromatic amines is 1. The third kappa shape index (κ3) is 2.13. The molecule has 0 aliphatic carbocycles. The van der Waals surface area contributed by atoms with Gasteiger partial charge in [-0.1, -0.05) is 11.6 Å². The highest BCUT2D eigenvalue weighted by atomic mass is 35.5. The highest BCUT2D eigenvalue weighted by Gasteiger charge is 2.09. The molecule has 0 aromatic carbocycles. The Bertz CT molecular complexity index is 469. The van der Waals surface area contributed by atoms with Gasteiger partial charge in [-0.05, 0) is 12.1 Å². The average molecular weight is 223 g/mol. The van der Waals surface area contributed by atoms with Crippen LogP contribution in [0.25, 0.3) is 0 Å². The maximum atomic E-state index is 11.6. The molecule has 0 fully saturated rings. The molecule has 6 heteroatoms. The molecule has 0 saturated carbocycles. The summed E-state index contributed by atoms with van der Waals surface area (Å²) < 4.78 is 0. The van der Waals surface area contributed by atoms with Crippen LogP contribution in [0.3, 0.4) is 0 Å². The number of nitrogens with zero attached hydrogens (tertiary/aromatic N) is 2. The molecule has 2 rings (SSSR count). The fraction of sp³-hybridized carbons (Fsp3) is 0. The second kappa shape index (κ2) is 4.10. The monoisotopic (exact) mass is 222 g/mol. The highest BCUT2D eigenvalue weighted by molar-refractivity contribution is 6.33. The van der Waals surface area contributed by atoms with E-state index < -0.39 is 0 Å². The number of halogens is 1. The minimum Gasteiger partial charge on any atom is -0.305 e. The number of anilines is 1. The van der Waals surface area contributed by atoms with Crippen molar-refractivity contribution < 1.29 is 4.79 Å². The van der Waals surface area contributed by atoms with Crippen molar-refractivity contribution in [2.24, 2.45) is 0 Å². The largest absolute Gasteiger partial charge is 0.305 e. The van der Waals surface area contributed by atoms with Crippen LogP contribution in [0.1, 0.15) is 10.4 Å². The normalized spacial score (nSPS) is 9.93. The standard InChI is InChI=1S/C9H7ClN4O/c10-7-2-1-3-11-8(7)14-9(15)6-4-12-13-5-6/h1-5H,(H,12,13)(H,11,14,15). The minimum absolute atomic E-state index is 0.302. The molecule has 15 heavy (non-hydrogen) atoms. The molecule has 2 heterocycles. The Labute approximate surface area is 90.5 Å². The Kier molecular flexibility index (Phi) is 2.64. The number of rotatable bonds is 2. The molecule has 0 spiro atoms. The van der Waals surface area contributed by atoms with Crippen molar-refractivity contribution in [2.75, 3.05) is 5.32 Å². The van der Waals surface area contributed by atoms with Gasteiger partial charge in [0.1, 0.15) is 0 Å². The third-order valence-corrected chi connectivity index (χ3v) is 2.06. The lowest BCUT2D eigenvalue weighted by Crippen LogP contribution is -2.12. The summed E-state index contributed by atoms with van der Waals surface area (Å²) in [5, 5.41) is 9.18. The summed E-state index contributed by atoms with van der Waals surface area (Å²) in [7, 11) is 0. The summed E-state index contributed by atoms with van der Waals surface area (Å²) >= 11 is 5.83. The predicted octanol–water partition coefficient (Wildman–Crippen LogP) is 1.71. The second-order valence-corrected chi connectivity index (χ2v) is 3.18. The van der Waals surface area contributed by atoms with Crippen LogP contribution >= 0.6 is 11.6 Å². The molecule has 0 atom stereocenters. The molecular weight excluding hydrogens is 216 g/mol. The summed E-state index contributed by atoms with van der Waals surface area (Å²) in [6.45, 7) is 0. The Morgan fingerprint density at radius 2 is 2.40 bits per heavy atom. The average Bonchev–Trinajstić information content (AvgIpc) is 2.74. The van der Waals surface area contributed by atoms with Gasteiger partial charge in [-0.25, -0.2) is 4.98 Å². The van der Waals surface area contributed by atoms with Crippen LogP contribution in [0.4, 0.5) is 5.82 Å². The number of hydrogen-bond acceptors (Lipinski definition) is 3. The number of aromatic nitrogens is 3. The molecular formula is C9H7ClN4O. The van der Waals surface area contributed by atoms with Crippen LogP contribution in [0.2, 0.25) is 5.02 Å². The molecule has 0 saturated heterocycles. The maximum Gasteiger partial charge on any atom is 0.260 e. The van der Waals surface area contributed by atoms with Crippen molar-refractivity contribution in [2.45, 2.75) is 0 Å². The van der Waals surface area contributed by atoms with E-state index in [1.165, 1.54) is 12.4 Å². The molecule has 76 valence electrons. The zero-order chi connectivity index (χ0) is 10.7. The van der Waals surface area contributed by atoms with E-state index in [1.54, 1.807) is 18.3 Å². The molecule has 0 aliphatic heterocycles. The number of carbonyl (C=O) groups is 1. The number of carbonyl (C=O) groups excluding carboxylic acids is 1. The topological polar surface area (TPSA) is 70.7 Å². The van der Waals surface area contributed by atoms with Crippen LogP contribution in [0, 0.1) is 0 Å². The lowest BCUT2D eigenvalue weighted by atomic mass is 10.3. The van der Waals surface area contributed by atoms with Crippen molar-refractivity contribution in [3.8, 4) is 0 Å².